The van der Waals surface area contributed by atoms with Gasteiger partial charge in [0.15, 0.2) is 0 Å². The molecule has 2 fully saturated rings. The van der Waals surface area contributed by atoms with Crippen molar-refractivity contribution in [3.63, 3.8) is 0 Å². The summed E-state index contributed by atoms with van der Waals surface area (Å²) in [5.41, 5.74) is 6.14. The van der Waals surface area contributed by atoms with Crippen LogP contribution in [0.1, 0.15) is 32.8 Å². The summed E-state index contributed by atoms with van der Waals surface area (Å²) in [6.45, 7) is 10.0. The third-order valence-electron chi connectivity index (χ3n) is 5.85. The van der Waals surface area contributed by atoms with Crippen LogP contribution < -0.4 is 16.0 Å². The summed E-state index contributed by atoms with van der Waals surface area (Å²) in [6.07, 6.45) is 2.34. The molecule has 7 heteroatoms. The minimum Gasteiger partial charge on any atom is -0.378 e. The number of pyridine rings is 1. The molecule has 0 aromatic carbocycles. The van der Waals surface area contributed by atoms with E-state index in [0.29, 0.717) is 32.8 Å². The van der Waals surface area contributed by atoms with Gasteiger partial charge in [-0.1, -0.05) is 19.9 Å². The molecule has 3 N–H and O–H groups in total. The second-order valence-corrected chi connectivity index (χ2v) is 7.61. The lowest BCUT2D eigenvalue weighted by atomic mass is 9.54. The predicted molar refractivity (Wildman–Crippen MR) is 99.8 cm³/mol. The second kappa shape index (κ2) is 7.50. The third kappa shape index (κ3) is 3.31. The van der Waals surface area contributed by atoms with E-state index in [1.807, 2.05) is 32.9 Å². The number of aromatic nitrogens is 1. The number of morpholine rings is 1. The van der Waals surface area contributed by atoms with Crippen LogP contribution in [0.2, 0.25) is 0 Å². The first-order valence-corrected chi connectivity index (χ1v) is 9.35. The lowest BCUT2D eigenvalue weighted by molar-refractivity contribution is -0.170. The van der Waals surface area contributed by atoms with Crippen molar-refractivity contribution in [1.82, 2.24) is 10.3 Å². The number of hydrogen-bond donors (Lipinski definition) is 2. The molecular weight excluding hydrogens is 332 g/mol. The maximum absolute atomic E-state index is 12.8. The van der Waals surface area contributed by atoms with E-state index >= 15 is 0 Å². The van der Waals surface area contributed by atoms with Crippen molar-refractivity contribution < 1.29 is 14.3 Å². The summed E-state index contributed by atoms with van der Waals surface area (Å²) in [5, 5.41) is 3.02. The van der Waals surface area contributed by atoms with Crippen LogP contribution in [0.3, 0.4) is 0 Å². The Bertz CT molecular complexity index is 645. The Morgan fingerprint density at radius 1 is 1.46 bits per heavy atom. The van der Waals surface area contributed by atoms with Crippen molar-refractivity contribution in [3.05, 3.63) is 23.9 Å². The van der Waals surface area contributed by atoms with Gasteiger partial charge in [-0.05, 0) is 13.0 Å². The normalized spacial score (nSPS) is 27.7. The van der Waals surface area contributed by atoms with Crippen LogP contribution in [0.5, 0.6) is 0 Å². The summed E-state index contributed by atoms with van der Waals surface area (Å²) in [6, 6.07) is 3.89. The van der Waals surface area contributed by atoms with Crippen molar-refractivity contribution in [3.8, 4) is 0 Å². The Morgan fingerprint density at radius 3 is 2.85 bits per heavy atom. The molecule has 144 valence electrons. The molecule has 2 aliphatic rings. The van der Waals surface area contributed by atoms with E-state index in [-0.39, 0.29) is 12.0 Å². The Morgan fingerprint density at radius 2 is 2.19 bits per heavy atom. The fraction of sp³-hybridized carbons (Fsp3) is 0.684. The van der Waals surface area contributed by atoms with Gasteiger partial charge in [0.1, 0.15) is 11.4 Å². The van der Waals surface area contributed by atoms with E-state index in [1.165, 1.54) is 0 Å². The Labute approximate surface area is 155 Å². The molecule has 7 nitrogen and oxygen atoms in total. The van der Waals surface area contributed by atoms with E-state index in [0.717, 1.165) is 24.5 Å². The molecule has 1 aliphatic heterocycles. The molecule has 2 unspecified atom stereocenters. The average Bonchev–Trinajstić information content (AvgIpc) is 2.66. The molecule has 0 spiro atoms. The summed E-state index contributed by atoms with van der Waals surface area (Å²) in [7, 11) is 0. The highest BCUT2D eigenvalue weighted by Gasteiger charge is 2.62. The molecular formula is C19H30N4O3. The van der Waals surface area contributed by atoms with Crippen LogP contribution in [0.4, 0.5) is 5.82 Å². The molecule has 26 heavy (non-hydrogen) atoms. The number of nitrogens with one attached hydrogen (secondary N) is 1. The summed E-state index contributed by atoms with van der Waals surface area (Å²) >= 11 is 0. The van der Waals surface area contributed by atoms with Gasteiger partial charge in [0, 0.05) is 49.8 Å². The van der Waals surface area contributed by atoms with Crippen LogP contribution in [0.25, 0.3) is 0 Å². The van der Waals surface area contributed by atoms with E-state index in [2.05, 4.69) is 15.2 Å². The first-order chi connectivity index (χ1) is 12.4. The predicted octanol–water partition coefficient (Wildman–Crippen LogP) is 1.07. The maximum Gasteiger partial charge on any atom is 0.241 e. The van der Waals surface area contributed by atoms with E-state index in [1.54, 1.807) is 6.20 Å². The molecule has 1 aliphatic carbocycles. The van der Waals surface area contributed by atoms with Crippen molar-refractivity contribution in [1.29, 1.82) is 0 Å². The molecule has 2 atom stereocenters. The molecule has 1 saturated heterocycles. The quantitative estimate of drug-likeness (QED) is 0.787. The minimum atomic E-state index is -0.909. The number of carbonyl (C=O) groups excluding carboxylic acids is 1. The maximum atomic E-state index is 12.8. The first kappa shape index (κ1) is 19.1. The number of hydrogen-bond acceptors (Lipinski definition) is 6. The van der Waals surface area contributed by atoms with Crippen LogP contribution >= 0.6 is 0 Å². The Kier molecular flexibility index (Phi) is 5.50. The third-order valence-corrected chi connectivity index (χ3v) is 5.85. The minimum absolute atomic E-state index is 0.0190. The van der Waals surface area contributed by atoms with Gasteiger partial charge in [-0.3, -0.25) is 4.79 Å². The summed E-state index contributed by atoms with van der Waals surface area (Å²) in [4.78, 5) is 19.5. The Balaban J connectivity index is 1.65. The molecule has 1 amide bonds. The van der Waals surface area contributed by atoms with E-state index < -0.39 is 11.0 Å². The van der Waals surface area contributed by atoms with Crippen molar-refractivity contribution in [2.75, 3.05) is 37.8 Å². The number of amides is 1. The van der Waals surface area contributed by atoms with Gasteiger partial charge in [0.25, 0.3) is 0 Å². The number of rotatable bonds is 6. The topological polar surface area (TPSA) is 89.7 Å². The SMILES string of the molecule is CCOC1CC(N)(C(=O)NCc2cccnc2N2CCOCC2)C1(C)C. The number of carbonyl (C=O) groups is 1. The van der Waals surface area contributed by atoms with Gasteiger partial charge in [0.2, 0.25) is 5.91 Å². The van der Waals surface area contributed by atoms with Crippen molar-refractivity contribution in [2.45, 2.75) is 45.4 Å². The highest BCUT2D eigenvalue weighted by molar-refractivity contribution is 5.88. The highest BCUT2D eigenvalue weighted by atomic mass is 16.5. The molecule has 2 heterocycles. The number of nitrogens with two attached hydrogens (primary N) is 1. The zero-order chi connectivity index (χ0) is 18.8. The number of ether oxygens (including phenoxy) is 2. The van der Waals surface area contributed by atoms with Gasteiger partial charge in [-0.25, -0.2) is 4.98 Å². The Hall–Kier alpha value is -1.70. The van der Waals surface area contributed by atoms with Gasteiger partial charge in [-0.2, -0.15) is 0 Å². The van der Waals surface area contributed by atoms with E-state index in [9.17, 15) is 4.79 Å². The molecule has 1 aromatic heterocycles. The van der Waals surface area contributed by atoms with Crippen LogP contribution in [0, 0.1) is 5.41 Å². The van der Waals surface area contributed by atoms with Crippen LogP contribution in [-0.2, 0) is 20.8 Å². The standard InChI is InChI=1S/C19H30N4O3/c1-4-26-15-12-19(20,18(15,2)3)17(24)22-13-14-6-5-7-21-16(14)23-8-10-25-11-9-23/h5-7,15H,4,8-13,20H2,1-3H3,(H,22,24). The second-order valence-electron chi connectivity index (χ2n) is 7.61. The molecule has 1 aromatic rings. The lowest BCUT2D eigenvalue weighted by Crippen LogP contribution is -2.75. The fourth-order valence-electron chi connectivity index (χ4n) is 3.78. The largest absolute Gasteiger partial charge is 0.378 e. The van der Waals surface area contributed by atoms with Gasteiger partial charge in [0.05, 0.1) is 19.3 Å². The van der Waals surface area contributed by atoms with Gasteiger partial charge >= 0.3 is 0 Å². The average molecular weight is 362 g/mol. The zero-order valence-electron chi connectivity index (χ0n) is 16.0. The monoisotopic (exact) mass is 362 g/mol. The van der Waals surface area contributed by atoms with Gasteiger partial charge < -0.3 is 25.4 Å². The first-order valence-electron chi connectivity index (χ1n) is 9.35. The highest BCUT2D eigenvalue weighted by Crippen LogP contribution is 2.49. The summed E-state index contributed by atoms with van der Waals surface area (Å²) < 4.78 is 11.1. The fourth-order valence-corrected chi connectivity index (χ4v) is 3.78. The lowest BCUT2D eigenvalue weighted by Gasteiger charge is -2.57. The van der Waals surface area contributed by atoms with Crippen LogP contribution in [-0.4, -0.2) is 55.4 Å². The molecule has 0 bridgehead atoms. The number of nitrogens with zero attached hydrogens (tertiary/aromatic N) is 2. The van der Waals surface area contributed by atoms with Crippen molar-refractivity contribution >= 4 is 11.7 Å². The smallest absolute Gasteiger partial charge is 0.241 e. The van der Waals surface area contributed by atoms with Gasteiger partial charge in [-0.15, -0.1) is 0 Å². The molecule has 0 radical (unpaired) electrons. The van der Waals surface area contributed by atoms with Crippen molar-refractivity contribution in [2.24, 2.45) is 11.1 Å². The summed E-state index contributed by atoms with van der Waals surface area (Å²) in [5.74, 6) is 0.775. The van der Waals surface area contributed by atoms with Crippen LogP contribution in [0.15, 0.2) is 18.3 Å². The molecule has 3 rings (SSSR count). The van der Waals surface area contributed by atoms with E-state index in [4.69, 9.17) is 15.2 Å². The number of anilines is 1. The zero-order valence-corrected chi connectivity index (χ0v) is 16.0. The molecule has 1 saturated carbocycles.